The summed E-state index contributed by atoms with van der Waals surface area (Å²) in [6.45, 7) is 8.49. The second kappa shape index (κ2) is 10.8. The fourth-order valence-corrected chi connectivity index (χ4v) is 1.66. The van der Waals surface area contributed by atoms with Gasteiger partial charge in [0.15, 0.2) is 0 Å². The van der Waals surface area contributed by atoms with Gasteiger partial charge < -0.3 is 24.8 Å². The first kappa shape index (κ1) is 17.1. The SMILES string of the molecule is CCNCCOc1cc(OC#N)cc(OCCNCC)c1. The molecule has 2 N–H and O–H groups in total. The van der Waals surface area contributed by atoms with Crippen molar-refractivity contribution in [1.82, 2.24) is 10.6 Å². The van der Waals surface area contributed by atoms with E-state index in [2.05, 4.69) is 10.6 Å². The van der Waals surface area contributed by atoms with Crippen molar-refractivity contribution in [2.24, 2.45) is 0 Å². The molecule has 0 aromatic heterocycles. The van der Waals surface area contributed by atoms with Crippen molar-refractivity contribution in [2.75, 3.05) is 39.4 Å². The maximum Gasteiger partial charge on any atom is 0.292 e. The molecule has 6 nitrogen and oxygen atoms in total. The monoisotopic (exact) mass is 293 g/mol. The van der Waals surface area contributed by atoms with Crippen LogP contribution in [0, 0.1) is 11.5 Å². The zero-order valence-corrected chi connectivity index (χ0v) is 12.6. The highest BCUT2D eigenvalue weighted by Crippen LogP contribution is 2.27. The van der Waals surface area contributed by atoms with Gasteiger partial charge in [0.1, 0.15) is 30.5 Å². The molecule has 0 fully saturated rings. The van der Waals surface area contributed by atoms with E-state index >= 15 is 0 Å². The number of ether oxygens (including phenoxy) is 3. The van der Waals surface area contributed by atoms with Gasteiger partial charge >= 0.3 is 0 Å². The molecule has 0 aliphatic heterocycles. The first-order valence-corrected chi connectivity index (χ1v) is 7.18. The van der Waals surface area contributed by atoms with Crippen molar-refractivity contribution in [2.45, 2.75) is 13.8 Å². The summed E-state index contributed by atoms with van der Waals surface area (Å²) in [5.74, 6) is 1.66. The van der Waals surface area contributed by atoms with Crippen LogP contribution in [-0.2, 0) is 0 Å². The summed E-state index contributed by atoms with van der Waals surface area (Å²) in [5.41, 5.74) is 0. The minimum Gasteiger partial charge on any atom is -0.492 e. The second-order valence-electron chi connectivity index (χ2n) is 4.24. The van der Waals surface area contributed by atoms with E-state index in [0.717, 1.165) is 26.2 Å². The van der Waals surface area contributed by atoms with E-state index in [1.807, 2.05) is 13.8 Å². The standard InChI is InChI=1S/C15H23N3O3/c1-3-17-5-7-19-13-9-14(20-8-6-18-4-2)11-15(10-13)21-12-16/h9-11,17-18H,3-8H2,1-2H3. The van der Waals surface area contributed by atoms with Crippen LogP contribution in [-0.4, -0.2) is 39.4 Å². The average Bonchev–Trinajstić information content (AvgIpc) is 2.48. The highest BCUT2D eigenvalue weighted by atomic mass is 16.5. The first-order chi connectivity index (χ1) is 10.3. The number of nitriles is 1. The number of nitrogens with one attached hydrogen (secondary N) is 2. The largest absolute Gasteiger partial charge is 0.492 e. The maximum atomic E-state index is 8.62. The molecule has 0 saturated heterocycles. The van der Waals surface area contributed by atoms with Gasteiger partial charge in [0, 0.05) is 31.3 Å². The first-order valence-electron chi connectivity index (χ1n) is 7.18. The van der Waals surface area contributed by atoms with Gasteiger partial charge in [-0.2, -0.15) is 0 Å². The molecule has 0 aliphatic rings. The second-order valence-corrected chi connectivity index (χ2v) is 4.24. The van der Waals surface area contributed by atoms with Crippen molar-refractivity contribution in [3.8, 4) is 23.5 Å². The lowest BCUT2D eigenvalue weighted by molar-refractivity contribution is 0.298. The summed E-state index contributed by atoms with van der Waals surface area (Å²) in [4.78, 5) is 0. The molecule has 0 unspecified atom stereocenters. The normalized spacial score (nSPS) is 9.95. The number of hydrogen-bond acceptors (Lipinski definition) is 6. The van der Waals surface area contributed by atoms with E-state index in [1.165, 1.54) is 0 Å². The number of rotatable bonds is 11. The number of benzene rings is 1. The van der Waals surface area contributed by atoms with Gasteiger partial charge in [-0.15, -0.1) is 5.26 Å². The Morgan fingerprint density at radius 1 is 0.905 bits per heavy atom. The van der Waals surface area contributed by atoms with Crippen LogP contribution < -0.4 is 24.8 Å². The molecule has 0 amide bonds. The van der Waals surface area contributed by atoms with Crippen LogP contribution in [0.4, 0.5) is 0 Å². The maximum absolute atomic E-state index is 8.62. The molecule has 0 radical (unpaired) electrons. The third-order valence-corrected chi connectivity index (χ3v) is 2.61. The molecule has 1 aromatic rings. The average molecular weight is 293 g/mol. The van der Waals surface area contributed by atoms with E-state index in [-0.39, 0.29) is 0 Å². The number of nitrogens with zero attached hydrogens (tertiary/aromatic N) is 1. The fourth-order valence-electron chi connectivity index (χ4n) is 1.66. The summed E-state index contributed by atoms with van der Waals surface area (Å²) in [6, 6.07) is 5.14. The summed E-state index contributed by atoms with van der Waals surface area (Å²) in [6.07, 6.45) is 1.66. The molecule has 1 rings (SSSR count). The van der Waals surface area contributed by atoms with E-state index in [0.29, 0.717) is 30.5 Å². The van der Waals surface area contributed by atoms with E-state index in [1.54, 1.807) is 24.5 Å². The lowest BCUT2D eigenvalue weighted by Crippen LogP contribution is -2.20. The summed E-state index contributed by atoms with van der Waals surface area (Å²) in [7, 11) is 0. The Hall–Kier alpha value is -1.97. The fraction of sp³-hybridized carbons (Fsp3) is 0.533. The summed E-state index contributed by atoms with van der Waals surface area (Å²) < 4.78 is 16.1. The zero-order chi connectivity index (χ0) is 15.3. The van der Waals surface area contributed by atoms with Gasteiger partial charge in [-0.25, -0.2) is 0 Å². The van der Waals surface area contributed by atoms with Gasteiger partial charge in [-0.1, -0.05) is 13.8 Å². The molecule has 0 bridgehead atoms. The number of likely N-dealkylation sites (N-methyl/N-ethyl adjacent to an activating group) is 2. The van der Waals surface area contributed by atoms with Crippen molar-refractivity contribution in [1.29, 1.82) is 5.26 Å². The molecular formula is C15H23N3O3. The van der Waals surface area contributed by atoms with Crippen molar-refractivity contribution in [3.05, 3.63) is 18.2 Å². The Morgan fingerprint density at radius 2 is 1.38 bits per heavy atom. The summed E-state index contributed by atoms with van der Waals surface area (Å²) in [5, 5.41) is 15.0. The van der Waals surface area contributed by atoms with Crippen molar-refractivity contribution in [3.63, 3.8) is 0 Å². The molecule has 0 atom stereocenters. The third kappa shape index (κ3) is 7.40. The van der Waals surface area contributed by atoms with Crippen LogP contribution >= 0.6 is 0 Å². The Morgan fingerprint density at radius 3 is 1.81 bits per heavy atom. The van der Waals surface area contributed by atoms with Crippen LogP contribution in [0.2, 0.25) is 0 Å². The minimum absolute atomic E-state index is 0.414. The van der Waals surface area contributed by atoms with Crippen LogP contribution in [0.3, 0.4) is 0 Å². The molecule has 116 valence electrons. The molecule has 0 spiro atoms. The van der Waals surface area contributed by atoms with Crippen LogP contribution in [0.25, 0.3) is 0 Å². The third-order valence-electron chi connectivity index (χ3n) is 2.61. The van der Waals surface area contributed by atoms with Gasteiger partial charge in [0.2, 0.25) is 0 Å². The zero-order valence-electron chi connectivity index (χ0n) is 12.6. The van der Waals surface area contributed by atoms with Gasteiger partial charge in [-0.3, -0.25) is 0 Å². The molecule has 6 heteroatoms. The molecule has 0 heterocycles. The lowest BCUT2D eigenvalue weighted by atomic mass is 10.3. The Labute approximate surface area is 126 Å². The van der Waals surface area contributed by atoms with Crippen molar-refractivity contribution < 1.29 is 14.2 Å². The van der Waals surface area contributed by atoms with Crippen molar-refractivity contribution >= 4 is 0 Å². The Balaban J connectivity index is 2.59. The molecule has 0 saturated carbocycles. The van der Waals surface area contributed by atoms with Gasteiger partial charge in [0.25, 0.3) is 6.26 Å². The predicted octanol–water partition coefficient (Wildman–Crippen LogP) is 1.52. The number of hydrogen-bond donors (Lipinski definition) is 2. The lowest BCUT2D eigenvalue weighted by Gasteiger charge is -2.11. The molecule has 0 aliphatic carbocycles. The minimum atomic E-state index is 0.414. The molecule has 1 aromatic carbocycles. The predicted molar refractivity (Wildman–Crippen MR) is 80.8 cm³/mol. The Bertz CT molecular complexity index is 416. The van der Waals surface area contributed by atoms with E-state index in [9.17, 15) is 0 Å². The molecule has 21 heavy (non-hydrogen) atoms. The highest BCUT2D eigenvalue weighted by molar-refractivity contribution is 5.42. The van der Waals surface area contributed by atoms with Crippen LogP contribution in [0.5, 0.6) is 17.2 Å². The smallest absolute Gasteiger partial charge is 0.292 e. The quantitative estimate of drug-likeness (QED) is 0.476. The topological polar surface area (TPSA) is 75.5 Å². The molecular weight excluding hydrogens is 270 g/mol. The Kier molecular flexibility index (Phi) is 8.76. The van der Waals surface area contributed by atoms with E-state index < -0.39 is 0 Å². The summed E-state index contributed by atoms with van der Waals surface area (Å²) >= 11 is 0. The van der Waals surface area contributed by atoms with Crippen LogP contribution in [0.15, 0.2) is 18.2 Å². The van der Waals surface area contributed by atoms with E-state index in [4.69, 9.17) is 19.5 Å². The van der Waals surface area contributed by atoms with Gasteiger partial charge in [-0.05, 0) is 13.1 Å². The highest BCUT2D eigenvalue weighted by Gasteiger charge is 2.05. The van der Waals surface area contributed by atoms with Gasteiger partial charge in [0.05, 0.1) is 0 Å². The van der Waals surface area contributed by atoms with Crippen LogP contribution in [0.1, 0.15) is 13.8 Å².